The van der Waals surface area contributed by atoms with E-state index in [1.807, 2.05) is 0 Å². The first-order chi connectivity index (χ1) is 8.13. The fourth-order valence-corrected chi connectivity index (χ4v) is 3.10. The van der Waals surface area contributed by atoms with Crippen LogP contribution in [0.3, 0.4) is 0 Å². The number of hydrogen-bond acceptors (Lipinski definition) is 3. The molecule has 0 aromatic carbocycles. The molecular weight excluding hydrogens is 278 g/mol. The Bertz CT molecular complexity index is 431. The molecule has 1 aromatic heterocycles. The van der Waals surface area contributed by atoms with Gasteiger partial charge >= 0.3 is 0 Å². The second-order valence-corrected chi connectivity index (χ2v) is 6.34. The molecule has 2 aliphatic rings. The van der Waals surface area contributed by atoms with Gasteiger partial charge in [0.25, 0.3) is 0 Å². The maximum absolute atomic E-state index is 4.75. The molecule has 3 rings (SSSR count). The second kappa shape index (κ2) is 4.23. The van der Waals surface area contributed by atoms with Crippen molar-refractivity contribution in [1.82, 2.24) is 9.97 Å². The Morgan fingerprint density at radius 1 is 1.29 bits per heavy atom. The molecule has 1 saturated heterocycles. The van der Waals surface area contributed by atoms with Gasteiger partial charge in [0.2, 0.25) is 0 Å². The van der Waals surface area contributed by atoms with E-state index in [-0.39, 0.29) is 0 Å². The number of rotatable bonds is 2. The summed E-state index contributed by atoms with van der Waals surface area (Å²) in [6.07, 6.45) is 3.77. The van der Waals surface area contributed by atoms with E-state index < -0.39 is 0 Å². The Balaban J connectivity index is 1.91. The Hall–Kier alpha value is -0.640. The molecule has 1 aromatic rings. The first-order valence-corrected chi connectivity index (χ1v) is 7.24. The number of nitrogens with zero attached hydrogens (tertiary/aromatic N) is 3. The van der Waals surface area contributed by atoms with Gasteiger partial charge in [0.1, 0.15) is 16.2 Å². The highest BCUT2D eigenvalue weighted by molar-refractivity contribution is 9.10. The van der Waals surface area contributed by atoms with Gasteiger partial charge in [0.15, 0.2) is 0 Å². The van der Waals surface area contributed by atoms with E-state index in [0.29, 0.717) is 12.0 Å². The molecular formula is C13H18BrN3. The lowest BCUT2D eigenvalue weighted by atomic mass is 10.1. The molecule has 17 heavy (non-hydrogen) atoms. The lowest BCUT2D eigenvalue weighted by Crippen LogP contribution is -2.28. The lowest BCUT2D eigenvalue weighted by Gasteiger charge is -2.23. The van der Waals surface area contributed by atoms with Crippen molar-refractivity contribution in [2.24, 2.45) is 5.92 Å². The smallest absolute Gasteiger partial charge is 0.135 e. The van der Waals surface area contributed by atoms with Crippen LogP contribution in [0.15, 0.2) is 10.7 Å². The fourth-order valence-electron chi connectivity index (χ4n) is 2.71. The largest absolute Gasteiger partial charge is 0.353 e. The minimum absolute atomic E-state index is 0.596. The van der Waals surface area contributed by atoms with Crippen molar-refractivity contribution in [3.05, 3.63) is 16.5 Å². The number of halogens is 1. The number of aromatic nitrogens is 2. The molecule has 0 N–H and O–H groups in total. The highest BCUT2D eigenvalue weighted by Crippen LogP contribution is 2.39. The molecule has 0 spiro atoms. The van der Waals surface area contributed by atoms with Crippen molar-refractivity contribution in [3.8, 4) is 0 Å². The van der Waals surface area contributed by atoms with Gasteiger partial charge in [-0.15, -0.1) is 0 Å². The molecule has 2 unspecified atom stereocenters. The maximum atomic E-state index is 4.75. The van der Waals surface area contributed by atoms with Gasteiger partial charge in [-0.2, -0.15) is 0 Å². The van der Waals surface area contributed by atoms with Crippen LogP contribution in [0.4, 0.5) is 5.82 Å². The van der Waals surface area contributed by atoms with E-state index in [2.05, 4.69) is 45.7 Å². The maximum Gasteiger partial charge on any atom is 0.135 e. The summed E-state index contributed by atoms with van der Waals surface area (Å²) in [5.74, 6) is 3.51. The molecule has 0 bridgehead atoms. The topological polar surface area (TPSA) is 29.0 Å². The highest BCUT2D eigenvalue weighted by Gasteiger charge is 2.31. The summed E-state index contributed by atoms with van der Waals surface area (Å²) in [5, 5.41) is 0. The van der Waals surface area contributed by atoms with Crippen molar-refractivity contribution in [3.63, 3.8) is 0 Å². The first-order valence-electron chi connectivity index (χ1n) is 6.44. The summed E-state index contributed by atoms with van der Waals surface area (Å²) >= 11 is 3.51. The molecule has 1 aliphatic carbocycles. The van der Waals surface area contributed by atoms with E-state index in [0.717, 1.165) is 28.7 Å². The third-order valence-corrected chi connectivity index (χ3v) is 4.13. The van der Waals surface area contributed by atoms with Gasteiger partial charge in [-0.1, -0.05) is 6.92 Å². The van der Waals surface area contributed by atoms with Crippen LogP contribution >= 0.6 is 15.9 Å². The van der Waals surface area contributed by atoms with E-state index in [4.69, 9.17) is 4.98 Å². The zero-order valence-electron chi connectivity index (χ0n) is 10.4. The van der Waals surface area contributed by atoms with Gasteiger partial charge in [0.05, 0.1) is 0 Å². The van der Waals surface area contributed by atoms with Crippen LogP contribution in [0.5, 0.6) is 0 Å². The normalized spacial score (nSPS) is 28.8. The third-order valence-electron chi connectivity index (χ3n) is 3.72. The van der Waals surface area contributed by atoms with Crippen LogP contribution in [-0.4, -0.2) is 22.6 Å². The molecule has 1 saturated carbocycles. The minimum Gasteiger partial charge on any atom is -0.353 e. The van der Waals surface area contributed by atoms with Crippen LogP contribution in [0.1, 0.15) is 44.9 Å². The van der Waals surface area contributed by atoms with Gasteiger partial charge in [-0.25, -0.2) is 9.97 Å². The van der Waals surface area contributed by atoms with E-state index in [1.165, 1.54) is 19.3 Å². The van der Waals surface area contributed by atoms with Crippen molar-refractivity contribution in [2.75, 3.05) is 11.4 Å². The molecule has 0 amide bonds. The van der Waals surface area contributed by atoms with Crippen LogP contribution in [0.25, 0.3) is 0 Å². The van der Waals surface area contributed by atoms with Crippen molar-refractivity contribution < 1.29 is 0 Å². The summed E-state index contributed by atoms with van der Waals surface area (Å²) in [5.41, 5.74) is 0. The Kier molecular flexibility index (Phi) is 2.85. The van der Waals surface area contributed by atoms with Crippen molar-refractivity contribution >= 4 is 21.7 Å². The quantitative estimate of drug-likeness (QED) is 0.784. The molecule has 0 radical (unpaired) electrons. The molecule has 92 valence electrons. The Morgan fingerprint density at radius 3 is 2.65 bits per heavy atom. The lowest BCUT2D eigenvalue weighted by molar-refractivity contribution is 0.625. The summed E-state index contributed by atoms with van der Waals surface area (Å²) < 4.78 is 0.927. The van der Waals surface area contributed by atoms with E-state index >= 15 is 0 Å². The van der Waals surface area contributed by atoms with Crippen LogP contribution in [-0.2, 0) is 0 Å². The predicted octanol–water partition coefficient (Wildman–Crippen LogP) is 3.35. The summed E-state index contributed by atoms with van der Waals surface area (Å²) in [4.78, 5) is 11.7. The zero-order chi connectivity index (χ0) is 12.0. The van der Waals surface area contributed by atoms with Gasteiger partial charge in [-0.3, -0.25) is 0 Å². The predicted molar refractivity (Wildman–Crippen MR) is 72.3 cm³/mol. The van der Waals surface area contributed by atoms with Crippen molar-refractivity contribution in [2.45, 2.75) is 45.1 Å². The number of anilines is 1. The summed E-state index contributed by atoms with van der Waals surface area (Å²) in [6.45, 7) is 5.72. The first kappa shape index (κ1) is 11.5. The average molecular weight is 296 g/mol. The van der Waals surface area contributed by atoms with Crippen LogP contribution < -0.4 is 4.90 Å². The fraction of sp³-hybridized carbons (Fsp3) is 0.692. The molecule has 2 fully saturated rings. The van der Waals surface area contributed by atoms with E-state index in [1.54, 1.807) is 0 Å². The summed E-state index contributed by atoms with van der Waals surface area (Å²) in [7, 11) is 0. The molecule has 4 heteroatoms. The molecule has 2 atom stereocenters. The third kappa shape index (κ3) is 2.32. The van der Waals surface area contributed by atoms with Gasteiger partial charge < -0.3 is 4.90 Å². The molecule has 2 heterocycles. The molecule has 3 nitrogen and oxygen atoms in total. The molecule has 1 aliphatic heterocycles. The Labute approximate surface area is 111 Å². The van der Waals surface area contributed by atoms with Gasteiger partial charge in [0, 0.05) is 24.6 Å². The SMILES string of the molecule is CC1CC(C)N(c2cc(Br)nc(C3CC3)n2)C1. The Morgan fingerprint density at radius 2 is 2.06 bits per heavy atom. The minimum atomic E-state index is 0.596. The van der Waals surface area contributed by atoms with Crippen LogP contribution in [0.2, 0.25) is 0 Å². The number of hydrogen-bond donors (Lipinski definition) is 0. The van der Waals surface area contributed by atoms with Crippen molar-refractivity contribution in [1.29, 1.82) is 0 Å². The highest BCUT2D eigenvalue weighted by atomic mass is 79.9. The monoisotopic (exact) mass is 295 g/mol. The zero-order valence-corrected chi connectivity index (χ0v) is 11.9. The van der Waals surface area contributed by atoms with E-state index in [9.17, 15) is 0 Å². The van der Waals surface area contributed by atoms with Gasteiger partial charge in [-0.05, 0) is 48.0 Å². The average Bonchev–Trinajstić information content (AvgIpc) is 3.04. The van der Waals surface area contributed by atoms with Crippen LogP contribution in [0, 0.1) is 5.92 Å². The standard InChI is InChI=1S/C13H18BrN3/c1-8-5-9(2)17(7-8)12-6-11(14)15-13(16-12)10-3-4-10/h6,8-10H,3-5,7H2,1-2H3. The second-order valence-electron chi connectivity index (χ2n) is 5.52. The summed E-state index contributed by atoms with van der Waals surface area (Å²) in [6, 6.07) is 2.65.